The van der Waals surface area contributed by atoms with Crippen LogP contribution < -0.4 is 5.73 Å². The van der Waals surface area contributed by atoms with Crippen molar-refractivity contribution in [3.05, 3.63) is 18.2 Å². The molecular weight excluding hydrogens is 178 g/mol. The average Bonchev–Trinajstić information content (AvgIpc) is 2.51. The van der Waals surface area contributed by atoms with Gasteiger partial charge in [0.1, 0.15) is 11.4 Å². The summed E-state index contributed by atoms with van der Waals surface area (Å²) >= 11 is 0. The zero-order valence-corrected chi connectivity index (χ0v) is 8.48. The van der Waals surface area contributed by atoms with Gasteiger partial charge in [-0.2, -0.15) is 0 Å². The minimum atomic E-state index is -0.810. The summed E-state index contributed by atoms with van der Waals surface area (Å²) in [6, 6.07) is 0.102. The van der Waals surface area contributed by atoms with Crippen molar-refractivity contribution in [2.45, 2.75) is 37.3 Å². The number of hydrogen-bond donors (Lipinski definition) is 2. The van der Waals surface area contributed by atoms with Crippen LogP contribution in [0.25, 0.3) is 0 Å². The van der Waals surface area contributed by atoms with Crippen LogP contribution in [-0.4, -0.2) is 20.7 Å². The first-order valence-corrected chi connectivity index (χ1v) is 5.07. The summed E-state index contributed by atoms with van der Waals surface area (Å²) in [7, 11) is 1.90. The lowest BCUT2D eigenvalue weighted by atomic mass is 9.81. The summed E-state index contributed by atoms with van der Waals surface area (Å²) in [6.07, 6.45) is 6.95. The van der Waals surface area contributed by atoms with Gasteiger partial charge in [-0.1, -0.05) is 0 Å². The molecule has 1 fully saturated rings. The average molecular weight is 195 g/mol. The van der Waals surface area contributed by atoms with Gasteiger partial charge < -0.3 is 15.4 Å². The largest absolute Gasteiger partial charge is 0.382 e. The quantitative estimate of drug-likeness (QED) is 0.686. The molecule has 3 N–H and O–H groups in total. The number of imidazole rings is 1. The highest BCUT2D eigenvalue weighted by Crippen LogP contribution is 2.35. The molecule has 0 bridgehead atoms. The molecule has 14 heavy (non-hydrogen) atoms. The Hall–Kier alpha value is -0.870. The van der Waals surface area contributed by atoms with Crippen molar-refractivity contribution in [1.82, 2.24) is 9.55 Å². The van der Waals surface area contributed by atoms with Crippen LogP contribution in [0.2, 0.25) is 0 Å². The van der Waals surface area contributed by atoms with Crippen LogP contribution in [-0.2, 0) is 12.6 Å². The summed E-state index contributed by atoms with van der Waals surface area (Å²) < 4.78 is 1.87. The van der Waals surface area contributed by atoms with Gasteiger partial charge in [-0.15, -0.1) is 0 Å². The van der Waals surface area contributed by atoms with E-state index in [4.69, 9.17) is 5.73 Å². The first-order valence-electron chi connectivity index (χ1n) is 5.07. The highest BCUT2D eigenvalue weighted by atomic mass is 16.3. The lowest BCUT2D eigenvalue weighted by Gasteiger charge is -2.34. The lowest BCUT2D eigenvalue weighted by molar-refractivity contribution is -0.0174. The highest BCUT2D eigenvalue weighted by molar-refractivity contribution is 5.07. The Morgan fingerprint density at radius 2 is 2.50 bits per heavy atom. The van der Waals surface area contributed by atoms with Crippen LogP contribution in [0.5, 0.6) is 0 Å². The zero-order valence-electron chi connectivity index (χ0n) is 8.48. The van der Waals surface area contributed by atoms with Crippen molar-refractivity contribution in [2.75, 3.05) is 0 Å². The molecule has 1 aromatic heterocycles. The van der Waals surface area contributed by atoms with Crippen molar-refractivity contribution in [3.8, 4) is 0 Å². The summed E-state index contributed by atoms with van der Waals surface area (Å²) in [4.78, 5) is 4.20. The van der Waals surface area contributed by atoms with Gasteiger partial charge in [-0.05, 0) is 25.7 Å². The number of aryl methyl sites for hydroxylation is 1. The standard InChI is InChI=1S/C10H17N3O/c1-13-6-5-12-9(13)10(14)4-2-3-8(11)7-10/h5-6,8,14H,2-4,7,11H2,1H3/t8-,10+/m0/s1. The number of rotatable bonds is 1. The van der Waals surface area contributed by atoms with Gasteiger partial charge in [0, 0.05) is 25.5 Å². The molecule has 1 aromatic rings. The topological polar surface area (TPSA) is 64.1 Å². The molecule has 2 rings (SSSR count). The summed E-state index contributed by atoms with van der Waals surface area (Å²) in [5.74, 6) is 0.743. The number of nitrogens with two attached hydrogens (primary N) is 1. The molecule has 78 valence electrons. The van der Waals surface area contributed by atoms with E-state index >= 15 is 0 Å². The Morgan fingerprint density at radius 3 is 3.07 bits per heavy atom. The number of nitrogens with zero attached hydrogens (tertiary/aromatic N) is 2. The van der Waals surface area contributed by atoms with Crippen LogP contribution in [0.3, 0.4) is 0 Å². The van der Waals surface area contributed by atoms with Crippen LogP contribution in [0.1, 0.15) is 31.5 Å². The minimum Gasteiger partial charge on any atom is -0.382 e. The molecule has 0 unspecified atom stereocenters. The van der Waals surface area contributed by atoms with E-state index in [-0.39, 0.29) is 6.04 Å². The molecule has 1 saturated carbocycles. The maximum Gasteiger partial charge on any atom is 0.140 e. The Morgan fingerprint density at radius 1 is 1.71 bits per heavy atom. The second-order valence-electron chi connectivity index (χ2n) is 4.25. The van der Waals surface area contributed by atoms with E-state index in [0.717, 1.165) is 25.1 Å². The number of aromatic nitrogens is 2. The predicted octanol–water partition coefficient (Wildman–Crippen LogP) is 0.509. The van der Waals surface area contributed by atoms with Crippen molar-refractivity contribution < 1.29 is 5.11 Å². The molecule has 2 atom stereocenters. The van der Waals surface area contributed by atoms with Crippen molar-refractivity contribution in [3.63, 3.8) is 0 Å². The predicted molar refractivity (Wildman–Crippen MR) is 53.5 cm³/mol. The SMILES string of the molecule is Cn1ccnc1[C@@]1(O)CCC[C@H](N)C1. The van der Waals surface area contributed by atoms with Crippen molar-refractivity contribution in [2.24, 2.45) is 12.8 Å². The molecule has 0 saturated heterocycles. The summed E-state index contributed by atoms with van der Waals surface area (Å²) in [5, 5.41) is 10.4. The Balaban J connectivity index is 2.27. The zero-order chi connectivity index (χ0) is 10.2. The second-order valence-corrected chi connectivity index (χ2v) is 4.25. The van der Waals surface area contributed by atoms with Crippen molar-refractivity contribution >= 4 is 0 Å². The normalized spacial score (nSPS) is 33.2. The van der Waals surface area contributed by atoms with E-state index in [9.17, 15) is 5.11 Å². The fourth-order valence-electron chi connectivity index (χ4n) is 2.31. The third-order valence-corrected chi connectivity index (χ3v) is 3.00. The molecule has 0 aromatic carbocycles. The molecule has 0 amide bonds. The second kappa shape index (κ2) is 3.37. The monoisotopic (exact) mass is 195 g/mol. The smallest absolute Gasteiger partial charge is 0.140 e. The molecule has 0 radical (unpaired) electrons. The van der Waals surface area contributed by atoms with E-state index in [0.29, 0.717) is 6.42 Å². The van der Waals surface area contributed by atoms with Gasteiger partial charge in [-0.3, -0.25) is 0 Å². The highest BCUT2D eigenvalue weighted by Gasteiger charge is 2.37. The summed E-state index contributed by atoms with van der Waals surface area (Å²) in [5.41, 5.74) is 5.06. The van der Waals surface area contributed by atoms with E-state index < -0.39 is 5.60 Å². The third kappa shape index (κ3) is 1.55. The fraction of sp³-hybridized carbons (Fsp3) is 0.700. The molecular formula is C10H17N3O. The van der Waals surface area contributed by atoms with Gasteiger partial charge in [0.2, 0.25) is 0 Å². The van der Waals surface area contributed by atoms with Gasteiger partial charge in [0.05, 0.1) is 0 Å². The molecule has 0 aliphatic heterocycles. The van der Waals surface area contributed by atoms with Crippen LogP contribution in [0.4, 0.5) is 0 Å². The van der Waals surface area contributed by atoms with E-state index in [1.165, 1.54) is 0 Å². The molecule has 1 aliphatic rings. The van der Waals surface area contributed by atoms with Gasteiger partial charge in [0.15, 0.2) is 0 Å². The molecule has 1 aliphatic carbocycles. The Labute approximate surface area is 83.8 Å². The lowest BCUT2D eigenvalue weighted by Crippen LogP contribution is -2.40. The molecule has 4 nitrogen and oxygen atoms in total. The first kappa shape index (κ1) is 9.68. The van der Waals surface area contributed by atoms with Gasteiger partial charge in [-0.25, -0.2) is 4.98 Å². The third-order valence-electron chi connectivity index (χ3n) is 3.00. The number of hydrogen-bond acceptors (Lipinski definition) is 3. The summed E-state index contributed by atoms with van der Waals surface area (Å²) in [6.45, 7) is 0. The van der Waals surface area contributed by atoms with Gasteiger partial charge >= 0.3 is 0 Å². The molecule has 1 heterocycles. The van der Waals surface area contributed by atoms with Gasteiger partial charge in [0.25, 0.3) is 0 Å². The molecule has 4 heteroatoms. The van der Waals surface area contributed by atoms with E-state index in [2.05, 4.69) is 4.98 Å². The van der Waals surface area contributed by atoms with Crippen LogP contribution in [0.15, 0.2) is 12.4 Å². The maximum atomic E-state index is 10.4. The van der Waals surface area contributed by atoms with Crippen LogP contribution in [0, 0.1) is 0 Å². The van der Waals surface area contributed by atoms with E-state index in [1.807, 2.05) is 17.8 Å². The Kier molecular flexibility index (Phi) is 2.33. The maximum absolute atomic E-state index is 10.4. The first-order chi connectivity index (χ1) is 6.62. The fourth-order valence-corrected chi connectivity index (χ4v) is 2.31. The van der Waals surface area contributed by atoms with E-state index in [1.54, 1.807) is 6.20 Å². The van der Waals surface area contributed by atoms with Crippen molar-refractivity contribution in [1.29, 1.82) is 0 Å². The Bertz CT molecular complexity index is 323. The van der Waals surface area contributed by atoms with Crippen LogP contribution >= 0.6 is 0 Å². The molecule has 0 spiro atoms. The number of aliphatic hydroxyl groups is 1. The minimum absolute atomic E-state index is 0.102.